The Morgan fingerprint density at radius 3 is 2.50 bits per heavy atom. The van der Waals surface area contributed by atoms with Crippen molar-refractivity contribution in [3.05, 3.63) is 59.2 Å². The van der Waals surface area contributed by atoms with Crippen LogP contribution in [0.4, 0.5) is 0 Å². The van der Waals surface area contributed by atoms with Gasteiger partial charge in [0.15, 0.2) is 0 Å². The molecule has 0 heterocycles. The molecule has 0 spiro atoms. The zero-order valence-corrected chi connectivity index (χ0v) is 11.4. The Hall–Kier alpha value is -2.33. The number of rotatable bonds is 5. The second-order valence-electron chi connectivity index (χ2n) is 4.58. The van der Waals surface area contributed by atoms with E-state index in [9.17, 15) is 0 Å². The predicted molar refractivity (Wildman–Crippen MR) is 79.5 cm³/mol. The van der Waals surface area contributed by atoms with Gasteiger partial charge in [-0.05, 0) is 42.7 Å². The van der Waals surface area contributed by atoms with Crippen LogP contribution in [0, 0.1) is 12.3 Å². The lowest BCUT2D eigenvalue weighted by atomic mass is 10.1. The molecule has 0 radical (unpaired) electrons. The van der Waals surface area contributed by atoms with Crippen LogP contribution in [0.2, 0.25) is 0 Å². The number of benzene rings is 2. The third kappa shape index (κ3) is 3.16. The molecular formula is C16H18N2O2. The quantitative estimate of drug-likeness (QED) is 0.577. The summed E-state index contributed by atoms with van der Waals surface area (Å²) in [6, 6.07) is 13.1. The van der Waals surface area contributed by atoms with Gasteiger partial charge in [-0.15, -0.1) is 0 Å². The van der Waals surface area contributed by atoms with Crippen LogP contribution in [-0.2, 0) is 6.42 Å². The molecule has 2 rings (SSSR count). The number of nitrogens with one attached hydrogen (secondary N) is 1. The minimum absolute atomic E-state index is 0.0133. The van der Waals surface area contributed by atoms with E-state index in [0.717, 1.165) is 11.1 Å². The van der Waals surface area contributed by atoms with Gasteiger partial charge in [0.2, 0.25) is 0 Å². The first-order chi connectivity index (χ1) is 9.61. The second-order valence-corrected chi connectivity index (χ2v) is 4.58. The predicted octanol–water partition coefficient (Wildman–Crippen LogP) is 2.61. The molecule has 4 N–H and O–H groups in total. The van der Waals surface area contributed by atoms with Gasteiger partial charge >= 0.3 is 0 Å². The summed E-state index contributed by atoms with van der Waals surface area (Å²) in [6.45, 7) is 2.05. The van der Waals surface area contributed by atoms with Gasteiger partial charge in [-0.1, -0.05) is 24.3 Å². The average molecular weight is 270 g/mol. The summed E-state index contributed by atoms with van der Waals surface area (Å²) in [6.07, 6.45) is 0.628. The Bertz CT molecular complexity index is 606. The zero-order valence-electron chi connectivity index (χ0n) is 11.4. The number of aliphatic hydroxyl groups excluding tert-OH is 1. The lowest BCUT2D eigenvalue weighted by molar-refractivity contribution is 0.299. The molecule has 0 saturated carbocycles. The average Bonchev–Trinajstić information content (AvgIpc) is 2.43. The molecule has 0 atom stereocenters. The third-order valence-electron chi connectivity index (χ3n) is 3.05. The van der Waals surface area contributed by atoms with Gasteiger partial charge in [0, 0.05) is 6.61 Å². The Labute approximate surface area is 118 Å². The number of nitrogen functional groups attached to an aromatic ring is 1. The number of aliphatic hydroxyl groups is 1. The summed E-state index contributed by atoms with van der Waals surface area (Å²) in [4.78, 5) is 0. The molecule has 0 fully saturated rings. The first-order valence-electron chi connectivity index (χ1n) is 6.43. The van der Waals surface area contributed by atoms with E-state index in [1.165, 1.54) is 0 Å². The van der Waals surface area contributed by atoms with Gasteiger partial charge in [0.05, 0.1) is 5.56 Å². The van der Waals surface area contributed by atoms with Crippen LogP contribution in [0.1, 0.15) is 16.7 Å². The number of hydrogen-bond acceptors (Lipinski definition) is 3. The highest BCUT2D eigenvalue weighted by Gasteiger charge is 2.10. The van der Waals surface area contributed by atoms with Gasteiger partial charge in [-0.25, -0.2) is 0 Å². The minimum atomic E-state index is -0.0133. The molecule has 2 aromatic rings. The molecule has 4 nitrogen and oxygen atoms in total. The van der Waals surface area contributed by atoms with Gasteiger partial charge in [0.25, 0.3) is 0 Å². The van der Waals surface area contributed by atoms with Gasteiger partial charge < -0.3 is 15.6 Å². The van der Waals surface area contributed by atoms with Crippen molar-refractivity contribution in [2.45, 2.75) is 13.3 Å². The van der Waals surface area contributed by atoms with Crippen LogP contribution >= 0.6 is 0 Å². The van der Waals surface area contributed by atoms with Crippen molar-refractivity contribution in [2.75, 3.05) is 6.61 Å². The Morgan fingerprint density at radius 2 is 1.90 bits per heavy atom. The summed E-state index contributed by atoms with van der Waals surface area (Å²) in [5.41, 5.74) is 8.14. The van der Waals surface area contributed by atoms with E-state index in [1.807, 2.05) is 43.3 Å². The van der Waals surface area contributed by atoms with Crippen LogP contribution in [-0.4, -0.2) is 17.5 Å². The lowest BCUT2D eigenvalue weighted by Crippen LogP contribution is -2.12. The number of para-hydroxylation sites is 1. The molecule has 2 aromatic carbocycles. The molecule has 0 saturated heterocycles. The highest BCUT2D eigenvalue weighted by molar-refractivity contribution is 5.98. The molecule has 0 unspecified atom stereocenters. The van der Waals surface area contributed by atoms with Gasteiger partial charge in [-0.2, -0.15) is 0 Å². The molecule has 0 aliphatic rings. The normalized spacial score (nSPS) is 10.3. The largest absolute Gasteiger partial charge is 0.456 e. The number of hydrogen-bond donors (Lipinski definition) is 3. The van der Waals surface area contributed by atoms with Crippen LogP contribution in [0.3, 0.4) is 0 Å². The maximum atomic E-state index is 8.89. The topological polar surface area (TPSA) is 79.3 Å². The summed E-state index contributed by atoms with van der Waals surface area (Å²) in [5.74, 6) is 1.28. The minimum Gasteiger partial charge on any atom is -0.456 e. The number of nitrogens with two attached hydrogens (primary N) is 1. The number of aryl methyl sites for hydroxylation is 1. The van der Waals surface area contributed by atoms with Crippen LogP contribution in [0.25, 0.3) is 0 Å². The fraction of sp³-hybridized carbons (Fsp3) is 0.188. The molecule has 0 aromatic heterocycles. The van der Waals surface area contributed by atoms with E-state index in [2.05, 4.69) is 0 Å². The van der Waals surface area contributed by atoms with Crippen molar-refractivity contribution in [2.24, 2.45) is 5.73 Å². The van der Waals surface area contributed by atoms with Crippen molar-refractivity contribution >= 4 is 5.84 Å². The maximum Gasteiger partial charge on any atom is 0.141 e. The van der Waals surface area contributed by atoms with Crippen LogP contribution in [0.5, 0.6) is 11.5 Å². The Kier molecular flexibility index (Phi) is 4.38. The summed E-state index contributed by atoms with van der Waals surface area (Å²) >= 11 is 0. The van der Waals surface area contributed by atoms with Crippen molar-refractivity contribution in [1.29, 1.82) is 5.41 Å². The second kappa shape index (κ2) is 6.21. The first-order valence-corrected chi connectivity index (χ1v) is 6.43. The third-order valence-corrected chi connectivity index (χ3v) is 3.05. The summed E-state index contributed by atoms with van der Waals surface area (Å²) < 4.78 is 5.85. The van der Waals surface area contributed by atoms with E-state index < -0.39 is 0 Å². The smallest absolute Gasteiger partial charge is 0.141 e. The van der Waals surface area contributed by atoms with E-state index in [1.54, 1.807) is 6.07 Å². The molecular weight excluding hydrogens is 252 g/mol. The molecule has 4 heteroatoms. The van der Waals surface area contributed by atoms with Crippen molar-refractivity contribution in [3.63, 3.8) is 0 Å². The molecule has 0 aliphatic heterocycles. The summed E-state index contributed by atoms with van der Waals surface area (Å²) in [5, 5.41) is 16.5. The highest BCUT2D eigenvalue weighted by Crippen LogP contribution is 2.29. The van der Waals surface area contributed by atoms with Crippen LogP contribution in [0.15, 0.2) is 42.5 Å². The highest BCUT2D eigenvalue weighted by atomic mass is 16.5. The van der Waals surface area contributed by atoms with Gasteiger partial charge in [-0.3, -0.25) is 5.41 Å². The van der Waals surface area contributed by atoms with E-state index >= 15 is 0 Å². The molecule has 104 valence electrons. The monoisotopic (exact) mass is 270 g/mol. The molecule has 0 bridgehead atoms. The SMILES string of the molecule is Cc1cccc(C(=N)N)c1Oc1ccc(CCO)cc1. The standard InChI is InChI=1S/C16H18N2O2/c1-11-3-2-4-14(16(17)18)15(11)20-13-7-5-12(6-8-13)9-10-19/h2-8,19H,9-10H2,1H3,(H3,17,18). The Balaban J connectivity index is 2.27. The zero-order chi connectivity index (χ0) is 14.5. The molecule has 20 heavy (non-hydrogen) atoms. The van der Waals surface area contributed by atoms with Crippen molar-refractivity contribution in [1.82, 2.24) is 0 Å². The maximum absolute atomic E-state index is 8.89. The van der Waals surface area contributed by atoms with Crippen molar-refractivity contribution in [3.8, 4) is 11.5 Å². The van der Waals surface area contributed by atoms with E-state index in [4.69, 9.17) is 21.0 Å². The summed E-state index contributed by atoms with van der Waals surface area (Å²) in [7, 11) is 0. The number of amidine groups is 1. The molecule has 0 aliphatic carbocycles. The lowest BCUT2D eigenvalue weighted by Gasteiger charge is -2.13. The van der Waals surface area contributed by atoms with E-state index in [0.29, 0.717) is 23.5 Å². The van der Waals surface area contributed by atoms with Crippen LogP contribution < -0.4 is 10.5 Å². The molecule has 0 amide bonds. The Morgan fingerprint density at radius 1 is 1.20 bits per heavy atom. The fourth-order valence-corrected chi connectivity index (χ4v) is 1.97. The first kappa shape index (κ1) is 14.1. The number of ether oxygens (including phenoxy) is 1. The van der Waals surface area contributed by atoms with Gasteiger partial charge in [0.1, 0.15) is 17.3 Å². The fourth-order valence-electron chi connectivity index (χ4n) is 1.97. The van der Waals surface area contributed by atoms with E-state index in [-0.39, 0.29) is 12.4 Å². The van der Waals surface area contributed by atoms with Crippen molar-refractivity contribution < 1.29 is 9.84 Å².